The maximum atomic E-state index is 13.3. The molecule has 0 bridgehead atoms. The minimum absolute atomic E-state index is 0.214. The third-order valence-corrected chi connectivity index (χ3v) is 5.05. The SMILES string of the molecule is CCn1c(SCc2cccc(F)c2)nnc1C(C)Oc1ccc(C)cc1. The Morgan fingerprint density at radius 2 is 1.92 bits per heavy atom. The summed E-state index contributed by atoms with van der Waals surface area (Å²) < 4.78 is 21.4. The van der Waals surface area contributed by atoms with Gasteiger partial charge in [-0.15, -0.1) is 10.2 Å². The molecule has 3 rings (SSSR count). The maximum absolute atomic E-state index is 13.3. The number of hydrogen-bond acceptors (Lipinski definition) is 4. The number of halogens is 1. The van der Waals surface area contributed by atoms with Gasteiger partial charge in [-0.25, -0.2) is 4.39 Å². The largest absolute Gasteiger partial charge is 0.483 e. The van der Waals surface area contributed by atoms with E-state index in [2.05, 4.69) is 17.1 Å². The average Bonchev–Trinajstić information content (AvgIpc) is 3.05. The van der Waals surface area contributed by atoms with E-state index in [1.807, 2.05) is 48.7 Å². The second-order valence-corrected chi connectivity index (χ2v) is 7.02. The van der Waals surface area contributed by atoms with Gasteiger partial charge < -0.3 is 9.30 Å². The summed E-state index contributed by atoms with van der Waals surface area (Å²) >= 11 is 1.55. The lowest BCUT2D eigenvalue weighted by molar-refractivity contribution is 0.210. The van der Waals surface area contributed by atoms with Crippen molar-refractivity contribution in [3.05, 3.63) is 71.3 Å². The summed E-state index contributed by atoms with van der Waals surface area (Å²) in [5.74, 6) is 2.02. The summed E-state index contributed by atoms with van der Waals surface area (Å²) in [5.41, 5.74) is 2.11. The molecule has 1 heterocycles. The molecule has 0 saturated carbocycles. The normalized spacial score (nSPS) is 12.2. The van der Waals surface area contributed by atoms with Crippen LogP contribution in [0.3, 0.4) is 0 Å². The van der Waals surface area contributed by atoms with Crippen LogP contribution in [-0.4, -0.2) is 14.8 Å². The molecule has 0 fully saturated rings. The van der Waals surface area contributed by atoms with Crippen LogP contribution in [0.4, 0.5) is 4.39 Å². The summed E-state index contributed by atoms with van der Waals surface area (Å²) in [6.45, 7) is 6.81. The van der Waals surface area contributed by atoms with Gasteiger partial charge in [0, 0.05) is 12.3 Å². The molecule has 4 nitrogen and oxygen atoms in total. The van der Waals surface area contributed by atoms with Crippen LogP contribution >= 0.6 is 11.8 Å². The van der Waals surface area contributed by atoms with Gasteiger partial charge in [0.2, 0.25) is 0 Å². The second kappa shape index (κ2) is 8.36. The lowest BCUT2D eigenvalue weighted by Gasteiger charge is -2.15. The molecule has 1 atom stereocenters. The Morgan fingerprint density at radius 3 is 2.62 bits per heavy atom. The predicted octanol–water partition coefficient (Wildman–Crippen LogP) is 5.18. The van der Waals surface area contributed by atoms with E-state index in [4.69, 9.17) is 4.74 Å². The highest BCUT2D eigenvalue weighted by molar-refractivity contribution is 7.98. The van der Waals surface area contributed by atoms with Crippen LogP contribution in [0.1, 0.15) is 36.9 Å². The van der Waals surface area contributed by atoms with Gasteiger partial charge in [-0.3, -0.25) is 0 Å². The summed E-state index contributed by atoms with van der Waals surface area (Å²) in [6, 6.07) is 14.6. The number of nitrogens with zero attached hydrogens (tertiary/aromatic N) is 3. The van der Waals surface area contributed by atoms with Crippen LogP contribution < -0.4 is 4.74 Å². The van der Waals surface area contributed by atoms with Crippen molar-refractivity contribution in [2.75, 3.05) is 0 Å². The molecule has 1 aromatic heterocycles. The first-order valence-electron chi connectivity index (χ1n) is 8.60. The molecular formula is C20H22FN3OS. The van der Waals surface area contributed by atoms with Gasteiger partial charge in [0.1, 0.15) is 11.6 Å². The topological polar surface area (TPSA) is 39.9 Å². The number of aryl methyl sites for hydroxylation is 1. The average molecular weight is 371 g/mol. The summed E-state index contributed by atoms with van der Waals surface area (Å²) in [6.07, 6.45) is -0.214. The molecule has 0 N–H and O–H groups in total. The standard InChI is InChI=1S/C20H22FN3OS/c1-4-24-19(15(3)25-18-10-8-14(2)9-11-18)22-23-20(24)26-13-16-6-5-7-17(21)12-16/h5-12,15H,4,13H2,1-3H3. The van der Waals surface area contributed by atoms with Crippen LogP contribution in [0.15, 0.2) is 53.7 Å². The number of hydrogen-bond donors (Lipinski definition) is 0. The van der Waals surface area contributed by atoms with Gasteiger partial charge in [-0.05, 0) is 50.6 Å². The lowest BCUT2D eigenvalue weighted by atomic mass is 10.2. The van der Waals surface area contributed by atoms with Gasteiger partial charge in [0.15, 0.2) is 17.1 Å². The van der Waals surface area contributed by atoms with E-state index in [0.29, 0.717) is 5.75 Å². The van der Waals surface area contributed by atoms with Crippen LogP contribution in [0.25, 0.3) is 0 Å². The summed E-state index contributed by atoms with van der Waals surface area (Å²) in [4.78, 5) is 0. The monoisotopic (exact) mass is 371 g/mol. The number of rotatable bonds is 7. The Morgan fingerprint density at radius 1 is 1.15 bits per heavy atom. The molecule has 0 aliphatic rings. The molecule has 6 heteroatoms. The van der Waals surface area contributed by atoms with Crippen LogP contribution in [0.2, 0.25) is 0 Å². The van der Waals surface area contributed by atoms with Gasteiger partial charge in [-0.2, -0.15) is 0 Å². The molecule has 0 aliphatic heterocycles. The summed E-state index contributed by atoms with van der Waals surface area (Å²) in [7, 11) is 0. The molecule has 3 aromatic rings. The van der Waals surface area contributed by atoms with Crippen LogP contribution in [-0.2, 0) is 12.3 Å². The zero-order valence-corrected chi connectivity index (χ0v) is 16.0. The van der Waals surface area contributed by atoms with Crippen molar-refractivity contribution in [1.29, 1.82) is 0 Å². The molecular weight excluding hydrogens is 349 g/mol. The zero-order chi connectivity index (χ0) is 18.5. The Hall–Kier alpha value is -2.34. The highest BCUT2D eigenvalue weighted by Gasteiger charge is 2.18. The Labute approximate surface area is 157 Å². The van der Waals surface area contributed by atoms with Crippen molar-refractivity contribution in [3.8, 4) is 5.75 Å². The van der Waals surface area contributed by atoms with E-state index in [1.54, 1.807) is 23.9 Å². The van der Waals surface area contributed by atoms with Crippen LogP contribution in [0, 0.1) is 12.7 Å². The number of aromatic nitrogens is 3. The third-order valence-electron chi connectivity index (χ3n) is 4.02. The molecule has 0 aliphatic carbocycles. The molecule has 0 spiro atoms. The lowest BCUT2D eigenvalue weighted by Crippen LogP contribution is -2.12. The molecule has 136 valence electrons. The van der Waals surface area contributed by atoms with Crippen molar-refractivity contribution in [1.82, 2.24) is 14.8 Å². The van der Waals surface area contributed by atoms with Crippen molar-refractivity contribution in [2.45, 2.75) is 44.3 Å². The van der Waals surface area contributed by atoms with E-state index in [1.165, 1.54) is 11.6 Å². The molecule has 1 unspecified atom stereocenters. The van der Waals surface area contributed by atoms with Crippen molar-refractivity contribution >= 4 is 11.8 Å². The fraction of sp³-hybridized carbons (Fsp3) is 0.300. The molecule has 0 amide bonds. The second-order valence-electron chi connectivity index (χ2n) is 6.08. The molecule has 0 saturated heterocycles. The first-order chi connectivity index (χ1) is 12.6. The molecule has 0 radical (unpaired) electrons. The molecule has 2 aromatic carbocycles. The van der Waals surface area contributed by atoms with Crippen molar-refractivity contribution < 1.29 is 9.13 Å². The van der Waals surface area contributed by atoms with E-state index >= 15 is 0 Å². The van der Waals surface area contributed by atoms with Gasteiger partial charge in [-0.1, -0.05) is 41.6 Å². The minimum Gasteiger partial charge on any atom is -0.483 e. The predicted molar refractivity (Wildman–Crippen MR) is 102 cm³/mol. The number of benzene rings is 2. The molecule has 26 heavy (non-hydrogen) atoms. The number of ether oxygens (including phenoxy) is 1. The zero-order valence-electron chi connectivity index (χ0n) is 15.1. The summed E-state index contributed by atoms with van der Waals surface area (Å²) in [5, 5.41) is 9.44. The fourth-order valence-corrected chi connectivity index (χ4v) is 3.61. The smallest absolute Gasteiger partial charge is 0.191 e. The number of thioether (sulfide) groups is 1. The van der Waals surface area contributed by atoms with Gasteiger partial charge in [0.25, 0.3) is 0 Å². The highest BCUT2D eigenvalue weighted by atomic mass is 32.2. The Bertz CT molecular complexity index is 864. The van der Waals surface area contributed by atoms with Crippen molar-refractivity contribution in [2.24, 2.45) is 0 Å². The van der Waals surface area contributed by atoms with E-state index < -0.39 is 0 Å². The van der Waals surface area contributed by atoms with E-state index in [0.717, 1.165) is 28.8 Å². The highest BCUT2D eigenvalue weighted by Crippen LogP contribution is 2.26. The Kier molecular flexibility index (Phi) is 5.93. The quantitative estimate of drug-likeness (QED) is 0.537. The minimum atomic E-state index is -0.221. The van der Waals surface area contributed by atoms with Gasteiger partial charge >= 0.3 is 0 Å². The van der Waals surface area contributed by atoms with Gasteiger partial charge in [0.05, 0.1) is 0 Å². The Balaban J connectivity index is 1.71. The first-order valence-corrected chi connectivity index (χ1v) is 9.59. The van der Waals surface area contributed by atoms with Crippen molar-refractivity contribution in [3.63, 3.8) is 0 Å². The fourth-order valence-electron chi connectivity index (χ4n) is 2.65. The maximum Gasteiger partial charge on any atom is 0.191 e. The van der Waals surface area contributed by atoms with E-state index in [9.17, 15) is 4.39 Å². The first kappa shape index (κ1) is 18.5. The van der Waals surface area contributed by atoms with E-state index in [-0.39, 0.29) is 11.9 Å². The van der Waals surface area contributed by atoms with Crippen LogP contribution in [0.5, 0.6) is 5.75 Å². The third kappa shape index (κ3) is 4.43.